The molecule has 0 aliphatic heterocycles. The Balaban J connectivity index is 2.45. The number of rotatable bonds is 8. The molecular weight excluding hydrogens is 198 g/mol. The monoisotopic (exact) mass is 221 g/mol. The number of hydrogen-bond donors (Lipinski definition) is 1. The van der Waals surface area contributed by atoms with Crippen LogP contribution < -0.4 is 5.32 Å². The first-order valence-corrected chi connectivity index (χ1v) is 6.17. The van der Waals surface area contributed by atoms with Gasteiger partial charge in [-0.15, -0.1) is 6.58 Å². The second-order valence-electron chi connectivity index (χ2n) is 4.20. The Morgan fingerprint density at radius 1 is 1.62 bits per heavy atom. The summed E-state index contributed by atoms with van der Waals surface area (Å²) in [5.74, 6) is 1.13. The molecule has 1 aromatic heterocycles. The van der Waals surface area contributed by atoms with Gasteiger partial charge in [0.15, 0.2) is 0 Å². The van der Waals surface area contributed by atoms with Gasteiger partial charge in [0.2, 0.25) is 0 Å². The van der Waals surface area contributed by atoms with Gasteiger partial charge < -0.3 is 5.32 Å². The first-order chi connectivity index (χ1) is 7.77. The van der Waals surface area contributed by atoms with Gasteiger partial charge in [0, 0.05) is 18.7 Å². The molecule has 90 valence electrons. The van der Waals surface area contributed by atoms with Crippen LogP contribution in [0.4, 0.5) is 5.82 Å². The van der Waals surface area contributed by atoms with E-state index in [1.807, 2.05) is 23.0 Å². The molecule has 0 aromatic carbocycles. The molecule has 0 amide bonds. The number of aromatic nitrogens is 2. The van der Waals surface area contributed by atoms with Crippen molar-refractivity contribution in [3.63, 3.8) is 0 Å². The average Bonchev–Trinajstić information content (AvgIpc) is 2.71. The summed E-state index contributed by atoms with van der Waals surface area (Å²) in [6.45, 7) is 9.14. The van der Waals surface area contributed by atoms with E-state index in [1.165, 1.54) is 12.8 Å². The van der Waals surface area contributed by atoms with Gasteiger partial charge in [-0.05, 0) is 26.2 Å². The van der Waals surface area contributed by atoms with E-state index in [9.17, 15) is 0 Å². The van der Waals surface area contributed by atoms with Crippen molar-refractivity contribution in [3.05, 3.63) is 24.9 Å². The van der Waals surface area contributed by atoms with Crippen molar-refractivity contribution in [2.24, 2.45) is 0 Å². The largest absolute Gasteiger partial charge is 0.368 e. The van der Waals surface area contributed by atoms with Gasteiger partial charge in [0.1, 0.15) is 5.82 Å². The minimum atomic E-state index is 0.468. The number of hydrogen-bond acceptors (Lipinski definition) is 2. The van der Waals surface area contributed by atoms with Crippen LogP contribution in [-0.2, 0) is 6.54 Å². The SMILES string of the molecule is C=CCCC(C)Nc1ccnn1CCCC. The van der Waals surface area contributed by atoms with Crippen LogP contribution in [0, 0.1) is 0 Å². The van der Waals surface area contributed by atoms with Crippen LogP contribution in [0.15, 0.2) is 24.9 Å². The summed E-state index contributed by atoms with van der Waals surface area (Å²) in [5, 5.41) is 7.81. The van der Waals surface area contributed by atoms with Crippen LogP contribution in [-0.4, -0.2) is 15.8 Å². The standard InChI is InChI=1S/C13H23N3/c1-4-6-8-12(3)15-13-9-10-14-16(13)11-7-5-2/h4,9-10,12,15H,1,5-8,11H2,2-3H3. The number of unbranched alkanes of at least 4 members (excludes halogenated alkanes) is 1. The van der Waals surface area contributed by atoms with Gasteiger partial charge in [0.25, 0.3) is 0 Å². The highest BCUT2D eigenvalue weighted by atomic mass is 15.3. The van der Waals surface area contributed by atoms with E-state index in [4.69, 9.17) is 0 Å². The summed E-state index contributed by atoms with van der Waals surface area (Å²) in [4.78, 5) is 0. The zero-order chi connectivity index (χ0) is 11.8. The van der Waals surface area contributed by atoms with Gasteiger partial charge >= 0.3 is 0 Å². The normalized spacial score (nSPS) is 12.4. The summed E-state index contributed by atoms with van der Waals surface area (Å²) >= 11 is 0. The van der Waals surface area contributed by atoms with Gasteiger partial charge in [-0.3, -0.25) is 0 Å². The molecule has 0 saturated carbocycles. The van der Waals surface area contributed by atoms with Crippen molar-refractivity contribution in [2.45, 2.75) is 52.1 Å². The van der Waals surface area contributed by atoms with Crippen molar-refractivity contribution in [1.82, 2.24) is 9.78 Å². The highest BCUT2D eigenvalue weighted by Crippen LogP contribution is 2.11. The van der Waals surface area contributed by atoms with Crippen molar-refractivity contribution in [1.29, 1.82) is 0 Å². The van der Waals surface area contributed by atoms with Crippen molar-refractivity contribution in [3.8, 4) is 0 Å². The molecule has 1 aromatic rings. The second-order valence-corrected chi connectivity index (χ2v) is 4.20. The highest BCUT2D eigenvalue weighted by molar-refractivity contribution is 5.34. The average molecular weight is 221 g/mol. The van der Waals surface area contributed by atoms with E-state index in [0.29, 0.717) is 6.04 Å². The number of allylic oxidation sites excluding steroid dienone is 1. The molecule has 0 fully saturated rings. The van der Waals surface area contributed by atoms with E-state index in [1.54, 1.807) is 0 Å². The summed E-state index contributed by atoms with van der Waals surface area (Å²) in [6, 6.07) is 2.51. The fourth-order valence-corrected chi connectivity index (χ4v) is 1.63. The maximum atomic E-state index is 4.32. The molecule has 0 bridgehead atoms. The summed E-state index contributed by atoms with van der Waals surface area (Å²) in [6.07, 6.45) is 8.37. The van der Waals surface area contributed by atoms with Crippen molar-refractivity contribution >= 4 is 5.82 Å². The first kappa shape index (κ1) is 12.8. The zero-order valence-corrected chi connectivity index (χ0v) is 10.4. The number of nitrogens with zero attached hydrogens (tertiary/aromatic N) is 2. The molecule has 0 aliphatic rings. The lowest BCUT2D eigenvalue weighted by molar-refractivity contribution is 0.570. The Morgan fingerprint density at radius 3 is 3.12 bits per heavy atom. The molecule has 1 N–H and O–H groups in total. The Bertz CT molecular complexity index is 304. The predicted molar refractivity (Wildman–Crippen MR) is 69.7 cm³/mol. The van der Waals surface area contributed by atoms with Crippen LogP contribution in [0.1, 0.15) is 39.5 Å². The summed E-state index contributed by atoms with van der Waals surface area (Å²) in [7, 11) is 0. The molecule has 0 saturated heterocycles. The second kappa shape index (κ2) is 7.09. The molecule has 1 heterocycles. The lowest BCUT2D eigenvalue weighted by Crippen LogP contribution is -2.18. The summed E-state index contributed by atoms with van der Waals surface area (Å²) < 4.78 is 2.05. The minimum absolute atomic E-state index is 0.468. The Morgan fingerprint density at radius 2 is 2.44 bits per heavy atom. The smallest absolute Gasteiger partial charge is 0.124 e. The van der Waals surface area contributed by atoms with E-state index in [-0.39, 0.29) is 0 Å². The van der Waals surface area contributed by atoms with E-state index >= 15 is 0 Å². The van der Waals surface area contributed by atoms with Gasteiger partial charge in [-0.2, -0.15) is 5.10 Å². The van der Waals surface area contributed by atoms with Crippen LogP contribution >= 0.6 is 0 Å². The molecular formula is C13H23N3. The lowest BCUT2D eigenvalue weighted by Gasteiger charge is -2.15. The topological polar surface area (TPSA) is 29.9 Å². The minimum Gasteiger partial charge on any atom is -0.368 e. The first-order valence-electron chi connectivity index (χ1n) is 6.17. The Kier molecular flexibility index (Phi) is 5.68. The molecule has 3 nitrogen and oxygen atoms in total. The van der Waals surface area contributed by atoms with Crippen LogP contribution in [0.2, 0.25) is 0 Å². The molecule has 3 heteroatoms. The maximum absolute atomic E-state index is 4.32. The Labute approximate surface area is 98.5 Å². The van der Waals surface area contributed by atoms with E-state index in [2.05, 4.69) is 30.8 Å². The lowest BCUT2D eigenvalue weighted by atomic mass is 10.2. The molecule has 0 radical (unpaired) electrons. The molecule has 1 atom stereocenters. The van der Waals surface area contributed by atoms with Crippen molar-refractivity contribution in [2.75, 3.05) is 5.32 Å². The van der Waals surface area contributed by atoms with Crippen LogP contribution in [0.3, 0.4) is 0 Å². The van der Waals surface area contributed by atoms with Crippen LogP contribution in [0.25, 0.3) is 0 Å². The van der Waals surface area contributed by atoms with Gasteiger partial charge in [0.05, 0.1) is 6.20 Å². The van der Waals surface area contributed by atoms with Gasteiger partial charge in [-0.1, -0.05) is 19.4 Å². The third-order valence-corrected chi connectivity index (χ3v) is 2.64. The molecule has 1 unspecified atom stereocenters. The number of aryl methyl sites for hydroxylation is 1. The Hall–Kier alpha value is -1.25. The number of anilines is 1. The fraction of sp³-hybridized carbons (Fsp3) is 0.615. The molecule has 0 spiro atoms. The summed E-state index contributed by atoms with van der Waals surface area (Å²) in [5.41, 5.74) is 0. The molecule has 1 rings (SSSR count). The zero-order valence-electron chi connectivity index (χ0n) is 10.4. The van der Waals surface area contributed by atoms with E-state index < -0.39 is 0 Å². The van der Waals surface area contributed by atoms with Gasteiger partial charge in [-0.25, -0.2) is 4.68 Å². The fourth-order valence-electron chi connectivity index (χ4n) is 1.63. The highest BCUT2D eigenvalue weighted by Gasteiger charge is 2.05. The third-order valence-electron chi connectivity index (χ3n) is 2.64. The maximum Gasteiger partial charge on any atom is 0.124 e. The van der Waals surface area contributed by atoms with Crippen LogP contribution in [0.5, 0.6) is 0 Å². The predicted octanol–water partition coefficient (Wildman–Crippen LogP) is 3.45. The molecule has 16 heavy (non-hydrogen) atoms. The van der Waals surface area contributed by atoms with E-state index in [0.717, 1.165) is 25.2 Å². The third kappa shape index (κ3) is 4.09. The number of nitrogens with one attached hydrogen (secondary N) is 1. The quantitative estimate of drug-likeness (QED) is 0.681. The van der Waals surface area contributed by atoms with Crippen molar-refractivity contribution < 1.29 is 0 Å². The molecule has 0 aliphatic carbocycles.